The Kier molecular flexibility index (Phi) is 4.40. The van der Waals surface area contributed by atoms with Crippen molar-refractivity contribution < 1.29 is 4.79 Å². The van der Waals surface area contributed by atoms with E-state index in [2.05, 4.69) is 22.7 Å². The lowest BCUT2D eigenvalue weighted by atomic mass is 10.1. The molecule has 106 valence electrons. The second-order valence-electron chi connectivity index (χ2n) is 4.81. The molecule has 5 heteroatoms. The molecule has 0 aliphatic rings. The summed E-state index contributed by atoms with van der Waals surface area (Å²) in [6, 6.07) is 5.67. The highest BCUT2D eigenvalue weighted by atomic mass is 16.1. The van der Waals surface area contributed by atoms with Crippen LogP contribution in [-0.2, 0) is 7.05 Å². The monoisotopic (exact) mass is 272 g/mol. The Balaban J connectivity index is 2.08. The molecule has 1 heterocycles. The molecule has 0 saturated heterocycles. The molecule has 1 amide bonds. The van der Waals surface area contributed by atoms with Gasteiger partial charge in [0.05, 0.1) is 11.9 Å². The zero-order chi connectivity index (χ0) is 14.5. The largest absolute Gasteiger partial charge is 0.385 e. The number of aryl methyl sites for hydroxylation is 2. The Hall–Kier alpha value is -2.30. The SMILES string of the molecule is CCCNc1ccc(C(=O)Nc2cnn(C)c2)cc1C. The molecule has 0 spiro atoms. The summed E-state index contributed by atoms with van der Waals surface area (Å²) in [5, 5.41) is 10.2. The summed E-state index contributed by atoms with van der Waals surface area (Å²) in [4.78, 5) is 12.1. The van der Waals surface area contributed by atoms with Crippen molar-refractivity contribution in [2.45, 2.75) is 20.3 Å². The standard InChI is InChI=1S/C15H20N4O/c1-4-7-16-14-6-5-12(8-11(14)2)15(20)18-13-9-17-19(3)10-13/h5-6,8-10,16H,4,7H2,1-3H3,(H,18,20). The Labute approximate surface area is 119 Å². The summed E-state index contributed by atoms with van der Waals surface area (Å²) in [7, 11) is 1.81. The first-order valence-electron chi connectivity index (χ1n) is 6.74. The zero-order valence-corrected chi connectivity index (χ0v) is 12.1. The van der Waals surface area contributed by atoms with Crippen molar-refractivity contribution in [3.63, 3.8) is 0 Å². The van der Waals surface area contributed by atoms with Crippen LogP contribution in [0.1, 0.15) is 29.3 Å². The molecule has 0 aliphatic carbocycles. The van der Waals surface area contributed by atoms with Gasteiger partial charge in [-0.1, -0.05) is 6.92 Å². The van der Waals surface area contributed by atoms with Gasteiger partial charge in [-0.05, 0) is 37.1 Å². The van der Waals surface area contributed by atoms with Crippen LogP contribution >= 0.6 is 0 Å². The normalized spacial score (nSPS) is 10.3. The number of benzene rings is 1. The maximum atomic E-state index is 12.1. The van der Waals surface area contributed by atoms with Gasteiger partial charge >= 0.3 is 0 Å². The van der Waals surface area contributed by atoms with Gasteiger partial charge < -0.3 is 10.6 Å². The minimum atomic E-state index is -0.122. The van der Waals surface area contributed by atoms with E-state index in [9.17, 15) is 4.79 Å². The smallest absolute Gasteiger partial charge is 0.255 e. The molecule has 5 nitrogen and oxygen atoms in total. The maximum Gasteiger partial charge on any atom is 0.255 e. The van der Waals surface area contributed by atoms with Crippen molar-refractivity contribution in [2.24, 2.45) is 7.05 Å². The molecule has 0 bridgehead atoms. The second kappa shape index (κ2) is 6.23. The summed E-state index contributed by atoms with van der Waals surface area (Å²) in [5.41, 5.74) is 3.49. The number of nitrogens with zero attached hydrogens (tertiary/aromatic N) is 2. The minimum absolute atomic E-state index is 0.122. The molecular formula is C15H20N4O. The van der Waals surface area contributed by atoms with Crippen LogP contribution in [0.4, 0.5) is 11.4 Å². The number of amides is 1. The summed E-state index contributed by atoms with van der Waals surface area (Å²) in [6.07, 6.45) is 4.46. The van der Waals surface area contributed by atoms with Crippen molar-refractivity contribution in [2.75, 3.05) is 17.2 Å². The molecule has 1 aromatic heterocycles. The Morgan fingerprint density at radius 2 is 2.20 bits per heavy atom. The lowest BCUT2D eigenvalue weighted by molar-refractivity contribution is 0.102. The quantitative estimate of drug-likeness (QED) is 0.880. The van der Waals surface area contributed by atoms with Gasteiger partial charge in [0.1, 0.15) is 0 Å². The van der Waals surface area contributed by atoms with Crippen molar-refractivity contribution in [3.05, 3.63) is 41.7 Å². The minimum Gasteiger partial charge on any atom is -0.385 e. The number of nitrogens with one attached hydrogen (secondary N) is 2. The molecule has 2 aromatic rings. The van der Waals surface area contributed by atoms with Crippen LogP contribution in [-0.4, -0.2) is 22.2 Å². The number of hydrogen-bond donors (Lipinski definition) is 2. The van der Waals surface area contributed by atoms with Crippen LogP contribution in [0.3, 0.4) is 0 Å². The lowest BCUT2D eigenvalue weighted by Crippen LogP contribution is -2.12. The van der Waals surface area contributed by atoms with Crippen molar-refractivity contribution in [3.8, 4) is 0 Å². The van der Waals surface area contributed by atoms with Gasteiger partial charge in [-0.2, -0.15) is 5.10 Å². The Morgan fingerprint density at radius 3 is 2.80 bits per heavy atom. The van der Waals surface area contributed by atoms with Gasteiger partial charge in [0, 0.05) is 31.0 Å². The summed E-state index contributed by atoms with van der Waals surface area (Å²) >= 11 is 0. The first kappa shape index (κ1) is 14.1. The molecule has 0 aliphatic heterocycles. The van der Waals surface area contributed by atoms with Crippen molar-refractivity contribution in [1.82, 2.24) is 9.78 Å². The van der Waals surface area contributed by atoms with Gasteiger partial charge in [-0.3, -0.25) is 9.48 Å². The highest BCUT2D eigenvalue weighted by Crippen LogP contribution is 2.17. The highest BCUT2D eigenvalue weighted by Gasteiger charge is 2.09. The van der Waals surface area contributed by atoms with Crippen LogP contribution in [0, 0.1) is 6.92 Å². The molecule has 2 rings (SSSR count). The number of hydrogen-bond acceptors (Lipinski definition) is 3. The van der Waals surface area contributed by atoms with E-state index in [0.29, 0.717) is 11.3 Å². The molecular weight excluding hydrogens is 252 g/mol. The summed E-state index contributed by atoms with van der Waals surface area (Å²) in [5.74, 6) is -0.122. The zero-order valence-electron chi connectivity index (χ0n) is 12.1. The van der Waals surface area contributed by atoms with Gasteiger partial charge in [-0.15, -0.1) is 0 Å². The van der Waals surface area contributed by atoms with E-state index in [1.165, 1.54) is 0 Å². The van der Waals surface area contributed by atoms with Crippen LogP contribution in [0.2, 0.25) is 0 Å². The third-order valence-electron chi connectivity index (χ3n) is 3.02. The average Bonchev–Trinajstić information content (AvgIpc) is 2.82. The second-order valence-corrected chi connectivity index (χ2v) is 4.81. The molecule has 0 fully saturated rings. The fourth-order valence-corrected chi connectivity index (χ4v) is 1.95. The maximum absolute atomic E-state index is 12.1. The number of carbonyl (C=O) groups is 1. The predicted octanol–water partition coefficient (Wildman–Crippen LogP) is 2.80. The van der Waals surface area contributed by atoms with Gasteiger partial charge in [-0.25, -0.2) is 0 Å². The highest BCUT2D eigenvalue weighted by molar-refractivity contribution is 6.04. The van der Waals surface area contributed by atoms with Crippen LogP contribution in [0.15, 0.2) is 30.6 Å². The molecule has 2 N–H and O–H groups in total. The van der Waals surface area contributed by atoms with E-state index in [4.69, 9.17) is 0 Å². The van der Waals surface area contributed by atoms with Crippen molar-refractivity contribution >= 4 is 17.3 Å². The lowest BCUT2D eigenvalue weighted by Gasteiger charge is -2.10. The molecule has 0 radical (unpaired) electrons. The summed E-state index contributed by atoms with van der Waals surface area (Å²) < 4.78 is 1.65. The topological polar surface area (TPSA) is 59.0 Å². The first-order chi connectivity index (χ1) is 9.60. The molecule has 1 aromatic carbocycles. The van der Waals surface area contributed by atoms with E-state index in [0.717, 1.165) is 24.2 Å². The number of carbonyl (C=O) groups excluding carboxylic acids is 1. The van der Waals surface area contributed by atoms with Crippen LogP contribution in [0.25, 0.3) is 0 Å². The fourth-order valence-electron chi connectivity index (χ4n) is 1.95. The third-order valence-corrected chi connectivity index (χ3v) is 3.02. The van der Waals surface area contributed by atoms with E-state index < -0.39 is 0 Å². The van der Waals surface area contributed by atoms with Gasteiger partial charge in [0.15, 0.2) is 0 Å². The number of aromatic nitrogens is 2. The van der Waals surface area contributed by atoms with E-state index in [-0.39, 0.29) is 5.91 Å². The Bertz CT molecular complexity index is 604. The molecule has 0 atom stereocenters. The molecule has 0 saturated carbocycles. The van der Waals surface area contributed by atoms with Gasteiger partial charge in [0.2, 0.25) is 0 Å². The average molecular weight is 272 g/mol. The number of rotatable bonds is 5. The van der Waals surface area contributed by atoms with Gasteiger partial charge in [0.25, 0.3) is 5.91 Å². The van der Waals surface area contributed by atoms with E-state index in [1.807, 2.05) is 32.2 Å². The van der Waals surface area contributed by atoms with Crippen LogP contribution in [0.5, 0.6) is 0 Å². The fraction of sp³-hybridized carbons (Fsp3) is 0.333. The molecule has 0 unspecified atom stereocenters. The van der Waals surface area contributed by atoms with Crippen LogP contribution < -0.4 is 10.6 Å². The summed E-state index contributed by atoms with van der Waals surface area (Å²) in [6.45, 7) is 5.05. The van der Waals surface area contributed by atoms with Crippen molar-refractivity contribution in [1.29, 1.82) is 0 Å². The third kappa shape index (κ3) is 3.38. The molecule has 20 heavy (non-hydrogen) atoms. The first-order valence-corrected chi connectivity index (χ1v) is 6.74. The van der Waals surface area contributed by atoms with E-state index >= 15 is 0 Å². The Morgan fingerprint density at radius 1 is 1.40 bits per heavy atom. The number of anilines is 2. The predicted molar refractivity (Wildman–Crippen MR) is 81.1 cm³/mol. The van der Waals surface area contributed by atoms with E-state index in [1.54, 1.807) is 17.1 Å².